The summed E-state index contributed by atoms with van der Waals surface area (Å²) < 4.78 is 61.3. The fraction of sp³-hybridized carbons (Fsp3) is 0.786. The molecule has 1 aliphatic heterocycles. The molecule has 2 rings (SSSR count). The van der Waals surface area contributed by atoms with Gasteiger partial charge in [-0.2, -0.15) is 32.4 Å². The number of hydrogen-bond donors (Lipinski definition) is 1. The van der Waals surface area contributed by atoms with Crippen LogP contribution in [0, 0.1) is 0 Å². The first-order chi connectivity index (χ1) is 11.9. The van der Waals surface area contributed by atoms with Crippen molar-refractivity contribution >= 4 is 21.9 Å². The van der Waals surface area contributed by atoms with E-state index in [2.05, 4.69) is 20.3 Å². The third kappa shape index (κ3) is 4.53. The van der Waals surface area contributed by atoms with Gasteiger partial charge in [-0.1, -0.05) is 13.8 Å². The third-order valence-electron chi connectivity index (χ3n) is 3.98. The summed E-state index contributed by atoms with van der Waals surface area (Å²) in [5, 5.41) is 3.09. The van der Waals surface area contributed by atoms with E-state index in [4.69, 9.17) is 0 Å². The summed E-state index contributed by atoms with van der Waals surface area (Å²) in [6.07, 6.45) is 0.463. The van der Waals surface area contributed by atoms with Crippen molar-refractivity contribution in [2.75, 3.05) is 37.4 Å². The van der Waals surface area contributed by atoms with Crippen LogP contribution in [0.2, 0.25) is 0 Å². The minimum Gasteiger partial charge on any atom is -0.351 e. The minimum absolute atomic E-state index is 0.0797. The van der Waals surface area contributed by atoms with Crippen molar-refractivity contribution in [1.82, 2.24) is 19.3 Å². The Morgan fingerprint density at radius 2 is 1.73 bits per heavy atom. The summed E-state index contributed by atoms with van der Waals surface area (Å²) in [6, 6.07) is -0.216. The van der Waals surface area contributed by atoms with Gasteiger partial charge in [0, 0.05) is 39.1 Å². The zero-order valence-corrected chi connectivity index (χ0v) is 15.9. The van der Waals surface area contributed by atoms with Crippen LogP contribution < -0.4 is 10.2 Å². The van der Waals surface area contributed by atoms with Crippen molar-refractivity contribution in [2.24, 2.45) is 0 Å². The molecule has 1 aliphatic rings. The highest BCUT2D eigenvalue weighted by molar-refractivity contribution is 7.90. The van der Waals surface area contributed by atoms with E-state index in [-0.39, 0.29) is 37.9 Å². The zero-order valence-electron chi connectivity index (χ0n) is 15.1. The van der Waals surface area contributed by atoms with Crippen molar-refractivity contribution in [2.45, 2.75) is 44.2 Å². The second-order valence-corrected chi connectivity index (χ2v) is 8.56. The second-order valence-electron chi connectivity index (χ2n) is 6.63. The van der Waals surface area contributed by atoms with Crippen molar-refractivity contribution in [3.8, 4) is 0 Å². The molecule has 0 saturated carbocycles. The molecule has 0 radical (unpaired) electrons. The quantitative estimate of drug-likeness (QED) is 0.811. The van der Waals surface area contributed by atoms with E-state index in [1.54, 1.807) is 19.0 Å². The number of aromatic nitrogens is 3. The van der Waals surface area contributed by atoms with Gasteiger partial charge >= 0.3 is 15.5 Å². The normalized spacial score (nSPS) is 17.5. The Morgan fingerprint density at radius 1 is 1.15 bits per heavy atom. The van der Waals surface area contributed by atoms with E-state index < -0.39 is 15.5 Å². The molecule has 8 nitrogen and oxygen atoms in total. The van der Waals surface area contributed by atoms with Crippen LogP contribution in [0.25, 0.3) is 0 Å². The summed E-state index contributed by atoms with van der Waals surface area (Å²) >= 11 is 0. The molecule has 12 heteroatoms. The Labute approximate surface area is 150 Å². The van der Waals surface area contributed by atoms with Gasteiger partial charge in [0.2, 0.25) is 11.9 Å². The highest BCUT2D eigenvalue weighted by Crippen LogP contribution is 2.29. The van der Waals surface area contributed by atoms with E-state index in [0.717, 1.165) is 0 Å². The molecular weight excluding hydrogens is 373 g/mol. The van der Waals surface area contributed by atoms with Crippen LogP contribution in [0.15, 0.2) is 0 Å². The number of nitrogens with zero attached hydrogens (tertiary/aromatic N) is 5. The van der Waals surface area contributed by atoms with E-state index in [1.807, 2.05) is 13.8 Å². The monoisotopic (exact) mass is 396 g/mol. The van der Waals surface area contributed by atoms with Gasteiger partial charge in [0.25, 0.3) is 0 Å². The van der Waals surface area contributed by atoms with Crippen molar-refractivity contribution in [3.63, 3.8) is 0 Å². The maximum Gasteiger partial charge on any atom is 0.511 e. The molecule has 0 bridgehead atoms. The van der Waals surface area contributed by atoms with Crippen LogP contribution in [0.4, 0.5) is 25.1 Å². The number of rotatable bonds is 5. The second kappa shape index (κ2) is 7.51. The van der Waals surface area contributed by atoms with Gasteiger partial charge in [-0.15, -0.1) is 0 Å². The topological polar surface area (TPSA) is 91.3 Å². The molecule has 1 aromatic rings. The third-order valence-corrected chi connectivity index (χ3v) is 5.61. The van der Waals surface area contributed by atoms with E-state index in [9.17, 15) is 21.6 Å². The van der Waals surface area contributed by atoms with Crippen molar-refractivity contribution in [1.29, 1.82) is 0 Å². The zero-order chi connectivity index (χ0) is 19.7. The first-order valence-corrected chi connectivity index (χ1v) is 9.62. The molecular formula is C14H23F3N6O2S. The van der Waals surface area contributed by atoms with Gasteiger partial charge < -0.3 is 10.2 Å². The Bertz CT molecular complexity index is 704. The highest BCUT2D eigenvalue weighted by Gasteiger charge is 2.50. The van der Waals surface area contributed by atoms with Gasteiger partial charge in [-0.3, -0.25) is 0 Å². The summed E-state index contributed by atoms with van der Waals surface area (Å²) in [4.78, 5) is 14.7. The first-order valence-electron chi connectivity index (χ1n) is 8.18. The predicted molar refractivity (Wildman–Crippen MR) is 91.4 cm³/mol. The fourth-order valence-corrected chi connectivity index (χ4v) is 3.46. The maximum absolute atomic E-state index is 12.6. The molecule has 2 heterocycles. The van der Waals surface area contributed by atoms with Gasteiger partial charge in [0.15, 0.2) is 0 Å². The largest absolute Gasteiger partial charge is 0.511 e. The Kier molecular flexibility index (Phi) is 5.95. The molecule has 0 amide bonds. The number of sulfonamides is 1. The lowest BCUT2D eigenvalue weighted by Crippen LogP contribution is -2.47. The average molecular weight is 396 g/mol. The summed E-state index contributed by atoms with van der Waals surface area (Å²) in [6.45, 7) is 3.47. The van der Waals surface area contributed by atoms with E-state index >= 15 is 0 Å². The van der Waals surface area contributed by atoms with Gasteiger partial charge in [-0.05, 0) is 12.8 Å². The minimum atomic E-state index is -5.27. The molecule has 0 aromatic carbocycles. The number of piperidine rings is 1. The van der Waals surface area contributed by atoms with Crippen molar-refractivity contribution < 1.29 is 21.6 Å². The Morgan fingerprint density at radius 3 is 2.19 bits per heavy atom. The standard InChI is InChI=1S/C14H23F3N6O2S/c1-9(2)11-19-12(21-13(20-11)22(3)4)18-10-5-7-23(8-6-10)26(24,25)14(15,16)17/h9-10H,5-8H2,1-4H3,(H,18,19,20,21). The van der Waals surface area contributed by atoms with E-state index in [0.29, 0.717) is 22.0 Å². The molecule has 0 aliphatic carbocycles. The highest BCUT2D eigenvalue weighted by atomic mass is 32.2. The molecule has 0 spiro atoms. The molecule has 0 unspecified atom stereocenters. The van der Waals surface area contributed by atoms with Gasteiger partial charge in [0.05, 0.1) is 0 Å². The summed E-state index contributed by atoms with van der Waals surface area (Å²) in [5.41, 5.74) is -5.27. The summed E-state index contributed by atoms with van der Waals surface area (Å²) in [5.74, 6) is 1.49. The smallest absolute Gasteiger partial charge is 0.351 e. The number of anilines is 2. The van der Waals surface area contributed by atoms with Crippen LogP contribution in [-0.2, 0) is 10.0 Å². The number of alkyl halides is 3. The lowest BCUT2D eigenvalue weighted by Gasteiger charge is -2.32. The van der Waals surface area contributed by atoms with E-state index in [1.165, 1.54) is 0 Å². The molecule has 1 fully saturated rings. The van der Waals surface area contributed by atoms with Crippen LogP contribution in [0.5, 0.6) is 0 Å². The number of nitrogens with one attached hydrogen (secondary N) is 1. The molecule has 1 N–H and O–H groups in total. The van der Waals surface area contributed by atoms with Crippen LogP contribution in [0.3, 0.4) is 0 Å². The fourth-order valence-electron chi connectivity index (χ4n) is 2.47. The van der Waals surface area contributed by atoms with Crippen LogP contribution in [-0.4, -0.2) is 66.4 Å². The Hall–Kier alpha value is -1.69. The maximum atomic E-state index is 12.6. The lowest BCUT2D eigenvalue weighted by atomic mass is 10.1. The number of hydrogen-bond acceptors (Lipinski definition) is 7. The van der Waals surface area contributed by atoms with Crippen LogP contribution in [0.1, 0.15) is 38.4 Å². The van der Waals surface area contributed by atoms with Gasteiger partial charge in [0.1, 0.15) is 5.82 Å². The molecule has 26 heavy (non-hydrogen) atoms. The predicted octanol–water partition coefficient (Wildman–Crippen LogP) is 1.79. The van der Waals surface area contributed by atoms with Gasteiger partial charge in [-0.25, -0.2) is 8.42 Å². The Balaban J connectivity index is 2.08. The number of halogens is 3. The lowest BCUT2D eigenvalue weighted by molar-refractivity contribution is -0.0494. The van der Waals surface area contributed by atoms with Crippen LogP contribution >= 0.6 is 0 Å². The molecule has 1 aromatic heterocycles. The van der Waals surface area contributed by atoms with Crippen molar-refractivity contribution in [3.05, 3.63) is 5.82 Å². The summed E-state index contributed by atoms with van der Waals surface area (Å²) in [7, 11) is -1.68. The average Bonchev–Trinajstić information content (AvgIpc) is 2.54. The molecule has 0 atom stereocenters. The SMILES string of the molecule is CC(C)c1nc(NC2CCN(S(=O)(=O)C(F)(F)F)CC2)nc(N(C)C)n1. The molecule has 1 saturated heterocycles. The molecule has 148 valence electrons. The first kappa shape index (κ1) is 20.6.